The lowest BCUT2D eigenvalue weighted by atomic mass is 10.3. The van der Waals surface area contributed by atoms with Crippen LogP contribution < -0.4 is 5.32 Å². The van der Waals surface area contributed by atoms with Crippen molar-refractivity contribution >= 4 is 44.6 Å². The third-order valence-electron chi connectivity index (χ3n) is 2.05. The number of aryl methyl sites for hydroxylation is 1. The van der Waals surface area contributed by atoms with Crippen LogP contribution in [0.3, 0.4) is 0 Å². The summed E-state index contributed by atoms with van der Waals surface area (Å²) in [6.45, 7) is 2.79. The van der Waals surface area contributed by atoms with Crippen LogP contribution in [0.25, 0.3) is 0 Å². The SMILES string of the molecule is Cc1ncc(CNc2ccc(Cl)cc2Br)s1. The van der Waals surface area contributed by atoms with Crippen molar-refractivity contribution in [3.63, 3.8) is 0 Å². The molecule has 0 saturated heterocycles. The molecule has 16 heavy (non-hydrogen) atoms. The molecule has 0 radical (unpaired) electrons. The Balaban J connectivity index is 2.04. The van der Waals surface area contributed by atoms with Gasteiger partial charge in [-0.05, 0) is 41.1 Å². The van der Waals surface area contributed by atoms with Crippen molar-refractivity contribution in [2.45, 2.75) is 13.5 Å². The van der Waals surface area contributed by atoms with E-state index in [1.807, 2.05) is 31.3 Å². The van der Waals surface area contributed by atoms with Gasteiger partial charge in [0.1, 0.15) is 0 Å². The lowest BCUT2D eigenvalue weighted by Gasteiger charge is -2.07. The van der Waals surface area contributed by atoms with Gasteiger partial charge in [-0.15, -0.1) is 11.3 Å². The number of thiazole rings is 1. The monoisotopic (exact) mass is 316 g/mol. The van der Waals surface area contributed by atoms with Gasteiger partial charge in [-0.25, -0.2) is 4.98 Å². The Morgan fingerprint density at radius 2 is 2.31 bits per heavy atom. The van der Waals surface area contributed by atoms with Gasteiger partial charge >= 0.3 is 0 Å². The topological polar surface area (TPSA) is 24.9 Å². The minimum absolute atomic E-state index is 0.728. The summed E-state index contributed by atoms with van der Waals surface area (Å²) in [6, 6.07) is 5.70. The van der Waals surface area contributed by atoms with E-state index in [0.717, 1.165) is 26.7 Å². The van der Waals surface area contributed by atoms with Gasteiger partial charge in [-0.3, -0.25) is 0 Å². The van der Waals surface area contributed by atoms with Crippen LogP contribution in [-0.4, -0.2) is 4.98 Å². The molecule has 84 valence electrons. The third-order valence-corrected chi connectivity index (χ3v) is 3.86. The van der Waals surface area contributed by atoms with E-state index in [2.05, 4.69) is 26.2 Å². The standard InChI is InChI=1S/C11H10BrClN2S/c1-7-14-5-9(16-7)6-15-11-3-2-8(13)4-10(11)12/h2-5,15H,6H2,1H3. The normalized spacial score (nSPS) is 10.4. The fourth-order valence-corrected chi connectivity index (χ4v) is 2.86. The Morgan fingerprint density at radius 3 is 2.94 bits per heavy atom. The minimum Gasteiger partial charge on any atom is -0.379 e. The van der Waals surface area contributed by atoms with Gasteiger partial charge in [0.2, 0.25) is 0 Å². The predicted molar refractivity (Wildman–Crippen MR) is 73.3 cm³/mol. The molecule has 0 fully saturated rings. The highest BCUT2D eigenvalue weighted by molar-refractivity contribution is 9.10. The van der Waals surface area contributed by atoms with Gasteiger partial charge in [0, 0.05) is 26.3 Å². The molecule has 1 aromatic carbocycles. The fraction of sp³-hybridized carbons (Fsp3) is 0.182. The number of anilines is 1. The minimum atomic E-state index is 0.728. The van der Waals surface area contributed by atoms with Crippen molar-refractivity contribution in [1.82, 2.24) is 4.98 Å². The van der Waals surface area contributed by atoms with E-state index in [4.69, 9.17) is 11.6 Å². The maximum atomic E-state index is 5.87. The molecule has 2 rings (SSSR count). The molecule has 0 bridgehead atoms. The number of nitrogens with zero attached hydrogens (tertiary/aromatic N) is 1. The molecule has 0 saturated carbocycles. The van der Waals surface area contributed by atoms with Crippen LogP contribution in [-0.2, 0) is 6.54 Å². The van der Waals surface area contributed by atoms with Crippen LogP contribution in [0.5, 0.6) is 0 Å². The maximum absolute atomic E-state index is 5.87. The summed E-state index contributed by atoms with van der Waals surface area (Å²) >= 11 is 11.0. The Labute approximate surface area is 112 Å². The first-order valence-electron chi connectivity index (χ1n) is 4.75. The van der Waals surface area contributed by atoms with Crippen LogP contribution in [0.4, 0.5) is 5.69 Å². The number of hydrogen-bond donors (Lipinski definition) is 1. The Morgan fingerprint density at radius 1 is 1.50 bits per heavy atom. The van der Waals surface area contributed by atoms with E-state index in [1.54, 1.807) is 11.3 Å². The first-order valence-corrected chi connectivity index (χ1v) is 6.74. The molecule has 0 spiro atoms. The largest absolute Gasteiger partial charge is 0.379 e. The summed E-state index contributed by atoms with van der Waals surface area (Å²) in [5.41, 5.74) is 1.04. The average molecular weight is 318 g/mol. The van der Waals surface area contributed by atoms with E-state index in [-0.39, 0.29) is 0 Å². The number of hydrogen-bond acceptors (Lipinski definition) is 3. The Hall–Kier alpha value is -0.580. The molecule has 1 heterocycles. The molecule has 0 aliphatic rings. The quantitative estimate of drug-likeness (QED) is 0.903. The lowest BCUT2D eigenvalue weighted by Crippen LogP contribution is -1.97. The molecule has 0 aliphatic carbocycles. The van der Waals surface area contributed by atoms with E-state index < -0.39 is 0 Å². The molecule has 2 nitrogen and oxygen atoms in total. The smallest absolute Gasteiger partial charge is 0.0897 e. The van der Waals surface area contributed by atoms with Crippen LogP contribution in [0, 0.1) is 6.92 Å². The predicted octanol–water partition coefficient (Wildman–Crippen LogP) is 4.48. The van der Waals surface area contributed by atoms with Gasteiger partial charge in [0.05, 0.1) is 11.6 Å². The zero-order valence-corrected chi connectivity index (χ0v) is 11.8. The summed E-state index contributed by atoms with van der Waals surface area (Å²) in [5, 5.41) is 5.15. The summed E-state index contributed by atoms with van der Waals surface area (Å²) in [5.74, 6) is 0. The summed E-state index contributed by atoms with van der Waals surface area (Å²) in [6.07, 6.45) is 1.90. The average Bonchev–Trinajstić information content (AvgIpc) is 2.63. The zero-order chi connectivity index (χ0) is 11.5. The van der Waals surface area contributed by atoms with Crippen molar-refractivity contribution in [2.75, 3.05) is 5.32 Å². The fourth-order valence-electron chi connectivity index (χ4n) is 1.30. The van der Waals surface area contributed by atoms with Gasteiger partial charge in [0.25, 0.3) is 0 Å². The molecule has 0 unspecified atom stereocenters. The number of aromatic nitrogens is 1. The third kappa shape index (κ3) is 2.97. The second kappa shape index (κ2) is 5.17. The van der Waals surface area contributed by atoms with Crippen molar-refractivity contribution < 1.29 is 0 Å². The Bertz CT molecular complexity index is 498. The second-order valence-electron chi connectivity index (χ2n) is 3.32. The molecule has 0 aliphatic heterocycles. The molecule has 2 aromatic rings. The van der Waals surface area contributed by atoms with Gasteiger partial charge in [-0.1, -0.05) is 11.6 Å². The summed E-state index contributed by atoms with van der Waals surface area (Å²) in [7, 11) is 0. The number of benzene rings is 1. The van der Waals surface area contributed by atoms with Crippen molar-refractivity contribution in [1.29, 1.82) is 0 Å². The number of rotatable bonds is 3. The Kier molecular flexibility index (Phi) is 3.84. The highest BCUT2D eigenvalue weighted by Crippen LogP contribution is 2.26. The van der Waals surface area contributed by atoms with Crippen molar-refractivity contribution in [3.05, 3.63) is 43.8 Å². The van der Waals surface area contributed by atoms with Crippen molar-refractivity contribution in [3.8, 4) is 0 Å². The molecule has 1 aromatic heterocycles. The van der Waals surface area contributed by atoms with Crippen molar-refractivity contribution in [2.24, 2.45) is 0 Å². The van der Waals surface area contributed by atoms with Crippen LogP contribution in [0.2, 0.25) is 5.02 Å². The van der Waals surface area contributed by atoms with Crippen LogP contribution in [0.15, 0.2) is 28.9 Å². The molecule has 5 heteroatoms. The van der Waals surface area contributed by atoms with E-state index in [0.29, 0.717) is 0 Å². The highest BCUT2D eigenvalue weighted by Gasteiger charge is 2.02. The number of nitrogens with one attached hydrogen (secondary N) is 1. The van der Waals surface area contributed by atoms with E-state index >= 15 is 0 Å². The zero-order valence-electron chi connectivity index (χ0n) is 8.63. The van der Waals surface area contributed by atoms with Gasteiger partial charge in [-0.2, -0.15) is 0 Å². The highest BCUT2D eigenvalue weighted by atomic mass is 79.9. The van der Waals surface area contributed by atoms with E-state index in [1.165, 1.54) is 4.88 Å². The first kappa shape index (κ1) is 11.9. The molecular weight excluding hydrogens is 308 g/mol. The maximum Gasteiger partial charge on any atom is 0.0897 e. The van der Waals surface area contributed by atoms with Gasteiger partial charge in [0.15, 0.2) is 0 Å². The molecule has 0 atom stereocenters. The summed E-state index contributed by atoms with van der Waals surface area (Å²) < 4.78 is 0.973. The summed E-state index contributed by atoms with van der Waals surface area (Å²) in [4.78, 5) is 5.43. The van der Waals surface area contributed by atoms with Crippen LogP contribution >= 0.6 is 38.9 Å². The molecule has 1 N–H and O–H groups in total. The molecule has 0 amide bonds. The lowest BCUT2D eigenvalue weighted by molar-refractivity contribution is 1.16. The molecular formula is C11H10BrClN2S. The van der Waals surface area contributed by atoms with Gasteiger partial charge < -0.3 is 5.32 Å². The number of halogens is 2. The first-order chi connectivity index (χ1) is 7.65. The van der Waals surface area contributed by atoms with Crippen LogP contribution in [0.1, 0.15) is 9.88 Å². The second-order valence-corrected chi connectivity index (χ2v) is 5.93. The van der Waals surface area contributed by atoms with E-state index in [9.17, 15) is 0 Å².